The zero-order chi connectivity index (χ0) is 18.8. The molecule has 0 aliphatic rings. The topological polar surface area (TPSA) is 86.9 Å². The summed E-state index contributed by atoms with van der Waals surface area (Å²) in [5, 5.41) is 0.787. The Balaban J connectivity index is 2.27. The highest BCUT2D eigenvalue weighted by Gasteiger charge is 2.23. The molecular formula is C18H23NO6. The van der Waals surface area contributed by atoms with Crippen LogP contribution in [-0.2, 0) is 9.47 Å². The van der Waals surface area contributed by atoms with Gasteiger partial charge in [-0.05, 0) is 53.7 Å². The number of fused-ring (bicyclic) bond motifs is 1. The Morgan fingerprint density at radius 1 is 0.840 bits per heavy atom. The van der Waals surface area contributed by atoms with Gasteiger partial charge in [-0.25, -0.2) is 9.59 Å². The van der Waals surface area contributed by atoms with Gasteiger partial charge in [0.15, 0.2) is 11.5 Å². The number of H-pyrrole nitrogens is 1. The van der Waals surface area contributed by atoms with Gasteiger partial charge in [-0.1, -0.05) is 0 Å². The van der Waals surface area contributed by atoms with E-state index in [1.165, 1.54) is 0 Å². The van der Waals surface area contributed by atoms with E-state index in [0.717, 1.165) is 10.9 Å². The smallest absolute Gasteiger partial charge is 0.428 e. The lowest BCUT2D eigenvalue weighted by molar-refractivity contribution is 0.0138. The van der Waals surface area contributed by atoms with Crippen molar-refractivity contribution in [3.63, 3.8) is 0 Å². The Morgan fingerprint density at radius 3 is 1.80 bits per heavy atom. The van der Waals surface area contributed by atoms with Gasteiger partial charge in [0.25, 0.3) is 0 Å². The van der Waals surface area contributed by atoms with E-state index in [-0.39, 0.29) is 11.5 Å². The molecular weight excluding hydrogens is 326 g/mol. The molecule has 1 aromatic heterocycles. The molecule has 1 heterocycles. The predicted molar refractivity (Wildman–Crippen MR) is 92.0 cm³/mol. The van der Waals surface area contributed by atoms with Crippen molar-refractivity contribution in [1.29, 1.82) is 0 Å². The maximum atomic E-state index is 11.9. The molecule has 0 unspecified atom stereocenters. The van der Waals surface area contributed by atoms with Crippen molar-refractivity contribution in [2.75, 3.05) is 0 Å². The summed E-state index contributed by atoms with van der Waals surface area (Å²) in [7, 11) is 0. The molecule has 25 heavy (non-hydrogen) atoms. The minimum Gasteiger partial charge on any atom is -0.428 e. The second-order valence-electron chi connectivity index (χ2n) is 7.50. The average Bonchev–Trinajstić information content (AvgIpc) is 2.81. The molecule has 0 fully saturated rings. The number of carbonyl (C=O) groups excluding carboxylic acids is 2. The molecule has 2 rings (SSSR count). The summed E-state index contributed by atoms with van der Waals surface area (Å²) in [4.78, 5) is 26.9. The third-order valence-electron chi connectivity index (χ3n) is 2.78. The summed E-state index contributed by atoms with van der Waals surface area (Å²) in [5.41, 5.74) is -0.698. The van der Waals surface area contributed by atoms with Gasteiger partial charge in [0, 0.05) is 23.2 Å². The third-order valence-corrected chi connectivity index (χ3v) is 2.78. The normalized spacial score (nSPS) is 11.9. The minimum atomic E-state index is -0.896. The Kier molecular flexibility index (Phi) is 4.97. The van der Waals surface area contributed by atoms with Crippen LogP contribution in [0.25, 0.3) is 10.9 Å². The molecule has 0 aliphatic heterocycles. The molecule has 1 N–H and O–H groups in total. The van der Waals surface area contributed by atoms with Crippen LogP contribution in [0.5, 0.6) is 11.5 Å². The van der Waals surface area contributed by atoms with Crippen molar-refractivity contribution in [3.8, 4) is 11.5 Å². The summed E-state index contributed by atoms with van der Waals surface area (Å²) in [6, 6.07) is 4.93. The van der Waals surface area contributed by atoms with Crippen molar-refractivity contribution >= 4 is 23.2 Å². The molecule has 7 nitrogen and oxygen atoms in total. The number of carbonyl (C=O) groups is 2. The first-order chi connectivity index (χ1) is 11.4. The largest absolute Gasteiger partial charge is 0.514 e. The SMILES string of the molecule is CC(C)(C)OC(=O)Oc1cc2cc[nH]c2cc1OC(=O)OC(C)(C)C. The highest BCUT2D eigenvalue weighted by atomic mass is 16.8. The monoisotopic (exact) mass is 349 g/mol. The highest BCUT2D eigenvalue weighted by molar-refractivity contribution is 5.85. The maximum absolute atomic E-state index is 11.9. The predicted octanol–water partition coefficient (Wildman–Crippen LogP) is 4.80. The number of hydrogen-bond donors (Lipinski definition) is 1. The number of nitrogens with one attached hydrogen (secondary N) is 1. The molecule has 0 aliphatic carbocycles. The molecule has 2 aromatic rings. The number of aromatic amines is 1. The van der Waals surface area contributed by atoms with Gasteiger partial charge in [-0.15, -0.1) is 0 Å². The molecule has 0 atom stereocenters. The van der Waals surface area contributed by atoms with E-state index < -0.39 is 23.5 Å². The van der Waals surface area contributed by atoms with Crippen molar-refractivity contribution in [2.24, 2.45) is 0 Å². The molecule has 1 aromatic carbocycles. The standard InChI is InChI=1S/C18H23NO6/c1-17(2,3)24-15(20)22-13-9-11-7-8-19-12(11)10-14(13)23-16(21)25-18(4,5)6/h7-10,19H,1-6H3. The Labute approximate surface area is 146 Å². The number of ether oxygens (including phenoxy) is 4. The Hall–Kier alpha value is -2.70. The highest BCUT2D eigenvalue weighted by Crippen LogP contribution is 2.33. The van der Waals surface area contributed by atoms with Crippen LogP contribution in [0, 0.1) is 0 Å². The molecule has 136 valence electrons. The molecule has 7 heteroatoms. The fraction of sp³-hybridized carbons (Fsp3) is 0.444. The lowest BCUT2D eigenvalue weighted by Crippen LogP contribution is -2.27. The van der Waals surface area contributed by atoms with Crippen LogP contribution in [0.2, 0.25) is 0 Å². The van der Waals surface area contributed by atoms with Crippen molar-refractivity contribution in [1.82, 2.24) is 4.98 Å². The molecule has 0 amide bonds. The Morgan fingerprint density at radius 2 is 1.32 bits per heavy atom. The lowest BCUT2D eigenvalue weighted by atomic mass is 10.2. The molecule has 0 saturated heterocycles. The van der Waals surface area contributed by atoms with Crippen LogP contribution < -0.4 is 9.47 Å². The summed E-state index contributed by atoms with van der Waals surface area (Å²) >= 11 is 0. The van der Waals surface area contributed by atoms with E-state index in [9.17, 15) is 9.59 Å². The molecule has 0 spiro atoms. The van der Waals surface area contributed by atoms with Gasteiger partial charge >= 0.3 is 12.3 Å². The number of benzene rings is 1. The van der Waals surface area contributed by atoms with Gasteiger partial charge in [0.2, 0.25) is 0 Å². The first-order valence-electron chi connectivity index (χ1n) is 7.86. The van der Waals surface area contributed by atoms with Crippen LogP contribution in [0.4, 0.5) is 9.59 Å². The van der Waals surface area contributed by atoms with E-state index in [4.69, 9.17) is 18.9 Å². The number of rotatable bonds is 2. The molecule has 0 bridgehead atoms. The van der Waals surface area contributed by atoms with Crippen LogP contribution in [-0.4, -0.2) is 28.5 Å². The summed E-state index contributed by atoms with van der Waals surface area (Å²) in [6.45, 7) is 10.3. The molecule has 0 saturated carbocycles. The van der Waals surface area contributed by atoms with Gasteiger partial charge in [0.05, 0.1) is 0 Å². The van der Waals surface area contributed by atoms with Gasteiger partial charge in [-0.2, -0.15) is 0 Å². The second kappa shape index (κ2) is 6.66. The third kappa shape index (κ3) is 5.70. The van der Waals surface area contributed by atoms with Gasteiger partial charge in [-0.3, -0.25) is 0 Å². The minimum absolute atomic E-state index is 0.0510. The molecule has 0 radical (unpaired) electrons. The van der Waals surface area contributed by atoms with Crippen LogP contribution >= 0.6 is 0 Å². The van der Waals surface area contributed by atoms with E-state index in [1.54, 1.807) is 65.9 Å². The number of aromatic nitrogens is 1. The first-order valence-corrected chi connectivity index (χ1v) is 7.86. The van der Waals surface area contributed by atoms with Crippen LogP contribution in [0.1, 0.15) is 41.5 Å². The van der Waals surface area contributed by atoms with Crippen molar-refractivity contribution in [3.05, 3.63) is 24.4 Å². The zero-order valence-corrected chi connectivity index (χ0v) is 15.3. The lowest BCUT2D eigenvalue weighted by Gasteiger charge is -2.20. The van der Waals surface area contributed by atoms with E-state index in [1.807, 2.05) is 0 Å². The average molecular weight is 349 g/mol. The number of hydrogen-bond acceptors (Lipinski definition) is 6. The second-order valence-corrected chi connectivity index (χ2v) is 7.50. The Bertz CT molecular complexity index is 715. The summed E-state index contributed by atoms with van der Waals surface area (Å²) < 4.78 is 20.7. The maximum Gasteiger partial charge on any atom is 0.514 e. The van der Waals surface area contributed by atoms with E-state index >= 15 is 0 Å². The van der Waals surface area contributed by atoms with E-state index in [0.29, 0.717) is 0 Å². The van der Waals surface area contributed by atoms with Crippen LogP contribution in [0.15, 0.2) is 24.4 Å². The fourth-order valence-corrected chi connectivity index (χ4v) is 1.94. The van der Waals surface area contributed by atoms with Crippen LogP contribution in [0.3, 0.4) is 0 Å². The fourth-order valence-electron chi connectivity index (χ4n) is 1.94. The summed E-state index contributed by atoms with van der Waals surface area (Å²) in [5.74, 6) is 0.113. The van der Waals surface area contributed by atoms with Gasteiger partial charge < -0.3 is 23.9 Å². The van der Waals surface area contributed by atoms with Gasteiger partial charge in [0.1, 0.15) is 11.2 Å². The van der Waals surface area contributed by atoms with Crippen molar-refractivity contribution < 1.29 is 28.5 Å². The zero-order valence-electron chi connectivity index (χ0n) is 15.3. The summed E-state index contributed by atoms with van der Waals surface area (Å²) in [6.07, 6.45) is -0.0667. The first kappa shape index (κ1) is 18.6. The van der Waals surface area contributed by atoms with Crippen molar-refractivity contribution in [2.45, 2.75) is 52.7 Å². The quantitative estimate of drug-likeness (QED) is 0.619. The van der Waals surface area contributed by atoms with E-state index in [2.05, 4.69) is 4.98 Å².